The van der Waals surface area contributed by atoms with Crippen LogP contribution in [0.3, 0.4) is 0 Å². The third kappa shape index (κ3) is 1.89. The lowest BCUT2D eigenvalue weighted by atomic mass is 10.0. The number of rotatable bonds is 1. The maximum absolute atomic E-state index is 9.65. The third-order valence-corrected chi connectivity index (χ3v) is 2.51. The van der Waals surface area contributed by atoms with Crippen LogP contribution in [0.15, 0.2) is 30.5 Å². The van der Waals surface area contributed by atoms with Crippen LogP contribution >= 0.6 is 0 Å². The highest BCUT2D eigenvalue weighted by atomic mass is 16.5. The molecule has 78 valence electrons. The minimum atomic E-state index is 0.366. The molecule has 0 saturated heterocycles. The van der Waals surface area contributed by atoms with Crippen LogP contribution in [0.4, 0.5) is 0 Å². The zero-order valence-electron chi connectivity index (χ0n) is 8.95. The third-order valence-electron chi connectivity index (χ3n) is 2.51. The Morgan fingerprint density at radius 3 is 2.40 bits per heavy atom. The van der Waals surface area contributed by atoms with Gasteiger partial charge in [-0.25, -0.2) is 0 Å². The fourth-order valence-electron chi connectivity index (χ4n) is 1.68. The summed E-state index contributed by atoms with van der Waals surface area (Å²) in [5.74, 6) is 1.23. The first-order chi connectivity index (χ1) is 7.18. The van der Waals surface area contributed by atoms with Crippen LogP contribution in [0.5, 0.6) is 5.75 Å². The molecule has 0 fully saturated rings. The summed E-state index contributed by atoms with van der Waals surface area (Å²) in [7, 11) is 0. The topological polar surface area (TPSA) is 29.5 Å². The fraction of sp³-hybridized carbons (Fsp3) is 0.231. The Labute approximate surface area is 89.5 Å². The van der Waals surface area contributed by atoms with Gasteiger partial charge in [-0.05, 0) is 55.7 Å². The van der Waals surface area contributed by atoms with Crippen LogP contribution in [-0.4, -0.2) is 5.11 Å². The Morgan fingerprint density at radius 1 is 1.20 bits per heavy atom. The number of benzene rings is 1. The van der Waals surface area contributed by atoms with Crippen LogP contribution in [0.2, 0.25) is 0 Å². The summed E-state index contributed by atoms with van der Waals surface area (Å²) in [6.45, 7) is 3.79. The summed E-state index contributed by atoms with van der Waals surface area (Å²) in [4.78, 5) is 0. The molecule has 0 amide bonds. The number of hydrogen-bond acceptors (Lipinski definition) is 2. The monoisotopic (exact) mass is 202 g/mol. The first-order valence-corrected chi connectivity index (χ1v) is 5.01. The molecule has 2 rings (SSSR count). The lowest BCUT2D eigenvalue weighted by Crippen LogP contribution is -1.93. The van der Waals surface area contributed by atoms with E-state index in [2.05, 4.69) is 0 Å². The molecule has 0 atom stereocenters. The Kier molecular flexibility index (Phi) is 2.50. The van der Waals surface area contributed by atoms with Crippen molar-refractivity contribution in [1.29, 1.82) is 0 Å². The van der Waals surface area contributed by atoms with Gasteiger partial charge in [0.2, 0.25) is 0 Å². The quantitative estimate of drug-likeness (QED) is 0.757. The average Bonchev–Trinajstić information content (AvgIpc) is 2.26. The number of aromatic hydroxyl groups is 1. The van der Waals surface area contributed by atoms with Crippen LogP contribution in [0, 0.1) is 13.8 Å². The van der Waals surface area contributed by atoms with E-state index in [0.717, 1.165) is 28.9 Å². The molecule has 1 aliphatic heterocycles. The average molecular weight is 202 g/mol. The normalized spacial score (nSPS) is 14.7. The molecule has 0 bridgehead atoms. The molecule has 0 unspecified atom stereocenters. The molecule has 15 heavy (non-hydrogen) atoms. The zero-order chi connectivity index (χ0) is 10.8. The number of phenols is 1. The van der Waals surface area contributed by atoms with E-state index in [0.29, 0.717) is 5.75 Å². The molecule has 0 saturated carbocycles. The summed E-state index contributed by atoms with van der Waals surface area (Å²) >= 11 is 0. The molecule has 1 N–H and O–H groups in total. The van der Waals surface area contributed by atoms with Crippen LogP contribution < -0.4 is 0 Å². The highest BCUT2D eigenvalue weighted by molar-refractivity contribution is 5.64. The molecule has 0 aromatic heterocycles. The van der Waals surface area contributed by atoms with E-state index in [1.165, 1.54) is 0 Å². The SMILES string of the molecule is Cc1cc(C2=CCC=CO2)cc(C)c1O. The molecule has 0 aliphatic carbocycles. The molecule has 1 aromatic carbocycles. The number of allylic oxidation sites excluding steroid dienone is 2. The Balaban J connectivity index is 2.41. The lowest BCUT2D eigenvalue weighted by molar-refractivity contribution is 0.427. The first kappa shape index (κ1) is 9.84. The number of phenolic OH excluding ortho intramolecular Hbond substituents is 1. The second-order valence-electron chi connectivity index (χ2n) is 3.75. The van der Waals surface area contributed by atoms with Gasteiger partial charge in [-0.1, -0.05) is 0 Å². The van der Waals surface area contributed by atoms with Crippen molar-refractivity contribution in [2.45, 2.75) is 20.3 Å². The second-order valence-corrected chi connectivity index (χ2v) is 3.75. The van der Waals surface area contributed by atoms with Crippen molar-refractivity contribution < 1.29 is 9.84 Å². The van der Waals surface area contributed by atoms with Crippen molar-refractivity contribution >= 4 is 5.76 Å². The number of hydrogen-bond donors (Lipinski definition) is 1. The molecule has 1 heterocycles. The molecule has 0 spiro atoms. The van der Waals surface area contributed by atoms with Crippen molar-refractivity contribution in [2.24, 2.45) is 0 Å². The maximum Gasteiger partial charge on any atom is 0.130 e. The van der Waals surface area contributed by atoms with E-state index < -0.39 is 0 Å². The van der Waals surface area contributed by atoms with Gasteiger partial charge in [-0.3, -0.25) is 0 Å². The molecule has 2 nitrogen and oxygen atoms in total. The van der Waals surface area contributed by atoms with E-state index in [1.54, 1.807) is 6.26 Å². The van der Waals surface area contributed by atoms with Crippen LogP contribution in [0.1, 0.15) is 23.1 Å². The summed E-state index contributed by atoms with van der Waals surface area (Å²) in [5.41, 5.74) is 2.78. The fourth-order valence-corrected chi connectivity index (χ4v) is 1.68. The summed E-state index contributed by atoms with van der Waals surface area (Å²) < 4.78 is 5.41. The van der Waals surface area contributed by atoms with Gasteiger partial charge in [0, 0.05) is 5.56 Å². The van der Waals surface area contributed by atoms with Gasteiger partial charge in [-0.2, -0.15) is 0 Å². The van der Waals surface area contributed by atoms with Crippen molar-refractivity contribution in [3.63, 3.8) is 0 Å². The lowest BCUT2D eigenvalue weighted by Gasteiger charge is -2.12. The second kappa shape index (κ2) is 3.81. The minimum absolute atomic E-state index is 0.366. The molecule has 0 radical (unpaired) electrons. The standard InChI is InChI=1S/C13H14O2/c1-9-7-11(8-10(2)13(9)14)12-5-3-4-6-15-12/h4-8,14H,3H2,1-2H3. The van der Waals surface area contributed by atoms with Gasteiger partial charge >= 0.3 is 0 Å². The number of ether oxygens (including phenoxy) is 1. The van der Waals surface area contributed by atoms with Crippen molar-refractivity contribution in [3.8, 4) is 5.75 Å². The predicted molar refractivity (Wildman–Crippen MR) is 60.4 cm³/mol. The minimum Gasteiger partial charge on any atom is -0.507 e. The van der Waals surface area contributed by atoms with Crippen LogP contribution in [0.25, 0.3) is 5.76 Å². The largest absolute Gasteiger partial charge is 0.507 e. The van der Waals surface area contributed by atoms with Gasteiger partial charge in [-0.15, -0.1) is 0 Å². The molecule has 2 heteroatoms. The molecular formula is C13H14O2. The van der Waals surface area contributed by atoms with Gasteiger partial charge in [0.1, 0.15) is 11.5 Å². The van der Waals surface area contributed by atoms with Crippen molar-refractivity contribution in [2.75, 3.05) is 0 Å². The van der Waals surface area contributed by atoms with Gasteiger partial charge < -0.3 is 9.84 Å². The van der Waals surface area contributed by atoms with E-state index >= 15 is 0 Å². The summed E-state index contributed by atoms with van der Waals surface area (Å²) in [6.07, 6.45) is 6.59. The van der Waals surface area contributed by atoms with Crippen molar-refractivity contribution in [1.82, 2.24) is 0 Å². The molecule has 1 aliphatic rings. The molecule has 1 aromatic rings. The van der Waals surface area contributed by atoms with Gasteiger partial charge in [0.25, 0.3) is 0 Å². The zero-order valence-corrected chi connectivity index (χ0v) is 8.95. The van der Waals surface area contributed by atoms with Crippen LogP contribution in [-0.2, 0) is 4.74 Å². The Bertz CT molecular complexity index is 419. The smallest absolute Gasteiger partial charge is 0.130 e. The van der Waals surface area contributed by atoms with Gasteiger partial charge in [0.15, 0.2) is 0 Å². The highest BCUT2D eigenvalue weighted by Crippen LogP contribution is 2.28. The van der Waals surface area contributed by atoms with Crippen molar-refractivity contribution in [3.05, 3.63) is 47.2 Å². The van der Waals surface area contributed by atoms with E-state index in [1.807, 2.05) is 38.1 Å². The van der Waals surface area contributed by atoms with Gasteiger partial charge in [0.05, 0.1) is 6.26 Å². The van der Waals surface area contributed by atoms with E-state index in [-0.39, 0.29) is 0 Å². The highest BCUT2D eigenvalue weighted by Gasteiger charge is 2.08. The maximum atomic E-state index is 9.65. The molecular weight excluding hydrogens is 188 g/mol. The van der Waals surface area contributed by atoms with E-state index in [4.69, 9.17) is 4.74 Å². The summed E-state index contributed by atoms with van der Waals surface area (Å²) in [6, 6.07) is 3.88. The predicted octanol–water partition coefficient (Wildman–Crippen LogP) is 3.28. The van der Waals surface area contributed by atoms with E-state index in [9.17, 15) is 5.11 Å². The Hall–Kier alpha value is -1.70. The Morgan fingerprint density at radius 2 is 1.87 bits per heavy atom. The first-order valence-electron chi connectivity index (χ1n) is 5.01. The number of aryl methyl sites for hydroxylation is 2. The summed E-state index contributed by atoms with van der Waals surface area (Å²) in [5, 5.41) is 9.65.